The Morgan fingerprint density at radius 1 is 1.59 bits per heavy atom. The fourth-order valence-corrected chi connectivity index (χ4v) is 2.56. The van der Waals surface area contributed by atoms with Crippen LogP contribution in [-0.2, 0) is 0 Å². The van der Waals surface area contributed by atoms with Gasteiger partial charge >= 0.3 is 0 Å². The smallest absolute Gasteiger partial charge is 0.0914 e. The number of nitrogens with zero attached hydrogens (tertiary/aromatic N) is 1. The topological polar surface area (TPSA) is 44.0 Å². The quantitative estimate of drug-likeness (QED) is 0.450. The molecule has 0 fully saturated rings. The first kappa shape index (κ1) is 13.7. The molecule has 0 spiro atoms. The average Bonchev–Trinajstić information content (AvgIpc) is 2.14. The van der Waals surface area contributed by atoms with Crippen LogP contribution in [0.5, 0.6) is 0 Å². The normalized spacial score (nSPS) is 28.9. The van der Waals surface area contributed by atoms with Crippen molar-refractivity contribution in [2.75, 3.05) is 0 Å². The van der Waals surface area contributed by atoms with E-state index in [1.165, 1.54) is 5.57 Å². The number of hydrogen-bond donors (Lipinski definition) is 1. The van der Waals surface area contributed by atoms with Gasteiger partial charge in [0.1, 0.15) is 0 Å². The van der Waals surface area contributed by atoms with E-state index in [0.29, 0.717) is 5.92 Å². The zero-order valence-electron chi connectivity index (χ0n) is 11.1. The van der Waals surface area contributed by atoms with Gasteiger partial charge in [0.25, 0.3) is 0 Å². The van der Waals surface area contributed by atoms with E-state index < -0.39 is 0 Å². The van der Waals surface area contributed by atoms with Gasteiger partial charge in [0.05, 0.1) is 12.2 Å². The highest BCUT2D eigenvalue weighted by Crippen LogP contribution is 2.41. The Labute approximate surface area is 104 Å². The zero-order chi connectivity index (χ0) is 13.1. The van der Waals surface area contributed by atoms with Gasteiger partial charge in [-0.05, 0) is 31.3 Å². The van der Waals surface area contributed by atoms with Gasteiger partial charge in [-0.25, -0.2) is 0 Å². The highest BCUT2D eigenvalue weighted by Gasteiger charge is 2.34. The van der Waals surface area contributed by atoms with E-state index in [2.05, 4.69) is 26.8 Å². The predicted molar refractivity (Wildman–Crippen MR) is 70.2 cm³/mol. The standard InChI is InChI=1S/C15H21NO/c1-11(7-8-16)5-6-14-12(2)9-13(17)10-15(14,3)4/h5-7,9,13-14,17H,10H2,1-4H3/b6-5+,11-7+/t13-,14-/m0/s1. The second-order valence-electron chi connectivity index (χ2n) is 5.52. The van der Waals surface area contributed by atoms with Crippen LogP contribution in [0.2, 0.25) is 0 Å². The third kappa shape index (κ3) is 3.57. The molecule has 0 unspecified atom stereocenters. The molecular formula is C15H21NO. The van der Waals surface area contributed by atoms with Gasteiger partial charge in [0, 0.05) is 12.0 Å². The third-order valence-electron chi connectivity index (χ3n) is 3.37. The molecule has 1 N–H and O–H groups in total. The Bertz CT molecular complexity index is 407. The molecule has 0 bridgehead atoms. The summed E-state index contributed by atoms with van der Waals surface area (Å²) in [5.41, 5.74) is 2.22. The maximum atomic E-state index is 9.74. The van der Waals surface area contributed by atoms with Gasteiger partial charge < -0.3 is 5.11 Å². The number of allylic oxidation sites excluding steroid dienone is 5. The van der Waals surface area contributed by atoms with Gasteiger partial charge in [0.2, 0.25) is 0 Å². The number of aliphatic hydroxyl groups is 1. The molecule has 0 aromatic rings. The fourth-order valence-electron chi connectivity index (χ4n) is 2.56. The first-order valence-electron chi connectivity index (χ1n) is 5.98. The Morgan fingerprint density at radius 3 is 2.76 bits per heavy atom. The lowest BCUT2D eigenvalue weighted by Crippen LogP contribution is -2.32. The SMILES string of the molecule is CC1=C[C@H](O)CC(C)(C)[C@H]1/C=C/C(C)=C/C#N. The van der Waals surface area contributed by atoms with Crippen LogP contribution in [0.15, 0.2) is 35.5 Å². The molecule has 92 valence electrons. The number of aliphatic hydroxyl groups excluding tert-OH is 1. The van der Waals surface area contributed by atoms with Crippen LogP contribution in [-0.4, -0.2) is 11.2 Å². The minimum Gasteiger partial charge on any atom is -0.389 e. The van der Waals surface area contributed by atoms with Crippen LogP contribution in [0.3, 0.4) is 0 Å². The van der Waals surface area contributed by atoms with Crippen LogP contribution in [0.25, 0.3) is 0 Å². The van der Waals surface area contributed by atoms with Crippen molar-refractivity contribution in [3.05, 3.63) is 35.5 Å². The van der Waals surface area contributed by atoms with Crippen LogP contribution in [0.4, 0.5) is 0 Å². The molecule has 1 rings (SSSR count). The van der Waals surface area contributed by atoms with Crippen LogP contribution >= 0.6 is 0 Å². The summed E-state index contributed by atoms with van der Waals surface area (Å²) in [5, 5.41) is 18.3. The minimum absolute atomic E-state index is 0.0572. The molecule has 0 aromatic carbocycles. The summed E-state index contributed by atoms with van der Waals surface area (Å²) < 4.78 is 0. The van der Waals surface area contributed by atoms with E-state index in [1.807, 2.05) is 25.1 Å². The number of nitriles is 1. The maximum Gasteiger partial charge on any atom is 0.0914 e. The second-order valence-corrected chi connectivity index (χ2v) is 5.52. The van der Waals surface area contributed by atoms with Crippen molar-refractivity contribution in [1.82, 2.24) is 0 Å². The van der Waals surface area contributed by atoms with E-state index in [4.69, 9.17) is 5.26 Å². The van der Waals surface area contributed by atoms with Gasteiger partial charge in [0.15, 0.2) is 0 Å². The molecule has 1 aliphatic rings. The molecule has 2 heteroatoms. The molecule has 2 nitrogen and oxygen atoms in total. The first-order valence-corrected chi connectivity index (χ1v) is 5.98. The zero-order valence-corrected chi connectivity index (χ0v) is 11.1. The Kier molecular flexibility index (Phi) is 4.31. The first-order chi connectivity index (χ1) is 7.86. The summed E-state index contributed by atoms with van der Waals surface area (Å²) >= 11 is 0. The van der Waals surface area contributed by atoms with E-state index in [9.17, 15) is 5.11 Å². The van der Waals surface area contributed by atoms with E-state index in [1.54, 1.807) is 6.08 Å². The van der Waals surface area contributed by atoms with Gasteiger partial charge in [-0.1, -0.05) is 37.6 Å². The van der Waals surface area contributed by atoms with Crippen molar-refractivity contribution in [2.45, 2.75) is 40.2 Å². The Balaban J connectivity index is 2.93. The Hall–Kier alpha value is -1.33. The maximum absolute atomic E-state index is 9.74. The number of rotatable bonds is 2. The van der Waals surface area contributed by atoms with E-state index >= 15 is 0 Å². The molecule has 17 heavy (non-hydrogen) atoms. The third-order valence-corrected chi connectivity index (χ3v) is 3.37. The lowest BCUT2D eigenvalue weighted by Gasteiger charge is -2.38. The minimum atomic E-state index is -0.328. The molecule has 1 aliphatic carbocycles. The summed E-state index contributed by atoms with van der Waals surface area (Å²) in [6, 6.07) is 2.03. The predicted octanol–water partition coefficient (Wildman–Crippen LogP) is 3.37. The van der Waals surface area contributed by atoms with Crippen molar-refractivity contribution in [2.24, 2.45) is 11.3 Å². The largest absolute Gasteiger partial charge is 0.389 e. The molecule has 0 aromatic heterocycles. The molecular weight excluding hydrogens is 210 g/mol. The average molecular weight is 231 g/mol. The summed E-state index contributed by atoms with van der Waals surface area (Å²) in [6.45, 7) is 8.32. The molecule has 0 saturated carbocycles. The lowest BCUT2D eigenvalue weighted by atomic mass is 9.67. The van der Waals surface area contributed by atoms with Crippen molar-refractivity contribution in [3.63, 3.8) is 0 Å². The molecule has 0 heterocycles. The van der Waals surface area contributed by atoms with Crippen molar-refractivity contribution < 1.29 is 5.11 Å². The van der Waals surface area contributed by atoms with Crippen molar-refractivity contribution in [1.29, 1.82) is 5.26 Å². The van der Waals surface area contributed by atoms with Crippen LogP contribution in [0.1, 0.15) is 34.1 Å². The van der Waals surface area contributed by atoms with Crippen molar-refractivity contribution in [3.8, 4) is 6.07 Å². The lowest BCUT2D eigenvalue weighted by molar-refractivity contribution is 0.117. The molecule has 0 radical (unpaired) electrons. The van der Waals surface area contributed by atoms with E-state index in [0.717, 1.165) is 12.0 Å². The second kappa shape index (κ2) is 5.33. The molecule has 0 amide bonds. The van der Waals surface area contributed by atoms with Gasteiger partial charge in [-0.2, -0.15) is 5.26 Å². The fraction of sp³-hybridized carbons (Fsp3) is 0.533. The molecule has 0 aliphatic heterocycles. The summed E-state index contributed by atoms with van der Waals surface area (Å²) in [7, 11) is 0. The summed E-state index contributed by atoms with van der Waals surface area (Å²) in [5.74, 6) is 0.327. The highest BCUT2D eigenvalue weighted by molar-refractivity contribution is 5.27. The number of hydrogen-bond acceptors (Lipinski definition) is 2. The summed E-state index contributed by atoms with van der Waals surface area (Å²) in [4.78, 5) is 0. The van der Waals surface area contributed by atoms with Crippen molar-refractivity contribution >= 4 is 0 Å². The van der Waals surface area contributed by atoms with Crippen LogP contribution < -0.4 is 0 Å². The Morgan fingerprint density at radius 2 is 2.24 bits per heavy atom. The monoisotopic (exact) mass is 231 g/mol. The van der Waals surface area contributed by atoms with Gasteiger partial charge in [-0.3, -0.25) is 0 Å². The van der Waals surface area contributed by atoms with Crippen LogP contribution in [0, 0.1) is 22.7 Å². The summed E-state index contributed by atoms with van der Waals surface area (Å²) in [6.07, 6.45) is 8.06. The molecule has 0 saturated heterocycles. The van der Waals surface area contributed by atoms with Gasteiger partial charge in [-0.15, -0.1) is 0 Å². The highest BCUT2D eigenvalue weighted by atomic mass is 16.3. The van der Waals surface area contributed by atoms with E-state index in [-0.39, 0.29) is 11.5 Å². The molecule has 2 atom stereocenters.